The van der Waals surface area contributed by atoms with Crippen LogP contribution in [0.1, 0.15) is 35.2 Å². The predicted octanol–water partition coefficient (Wildman–Crippen LogP) is 4.31. The molecule has 2 amide bonds. The van der Waals surface area contributed by atoms with Crippen molar-refractivity contribution in [3.8, 4) is 0 Å². The Hall–Kier alpha value is -2.96. The van der Waals surface area contributed by atoms with Gasteiger partial charge in [0.05, 0.1) is 29.4 Å². The van der Waals surface area contributed by atoms with E-state index in [9.17, 15) is 31.5 Å². The molecule has 39 heavy (non-hydrogen) atoms. The average molecular weight is 574 g/mol. The number of rotatable bonds is 8. The summed E-state index contributed by atoms with van der Waals surface area (Å²) in [6, 6.07) is 6.70. The van der Waals surface area contributed by atoms with Gasteiger partial charge in [-0.05, 0) is 43.7 Å². The molecule has 0 aliphatic carbocycles. The van der Waals surface area contributed by atoms with Crippen LogP contribution in [0.3, 0.4) is 0 Å². The first kappa shape index (κ1) is 29.0. The van der Waals surface area contributed by atoms with Crippen LogP contribution in [0.15, 0.2) is 30.3 Å². The van der Waals surface area contributed by atoms with Crippen LogP contribution in [0.25, 0.3) is 0 Å². The van der Waals surface area contributed by atoms with Crippen LogP contribution in [0.4, 0.5) is 33.3 Å². The van der Waals surface area contributed by atoms with Gasteiger partial charge in [-0.15, -0.1) is 0 Å². The third-order valence-corrected chi connectivity index (χ3v) is 7.10. The fraction of sp³-hybridized carbons (Fsp3) is 0.462. The lowest BCUT2D eigenvalue weighted by atomic mass is 10.1. The molecule has 4 rings (SSSR count). The number of alkyl halides is 3. The van der Waals surface area contributed by atoms with Gasteiger partial charge in [0.1, 0.15) is 0 Å². The molecule has 2 aliphatic heterocycles. The van der Waals surface area contributed by atoms with Crippen molar-refractivity contribution in [2.75, 3.05) is 49.5 Å². The fourth-order valence-electron chi connectivity index (χ4n) is 4.67. The highest BCUT2D eigenvalue weighted by molar-refractivity contribution is 6.31. The van der Waals surface area contributed by atoms with E-state index in [0.717, 1.165) is 19.0 Å². The van der Waals surface area contributed by atoms with E-state index in [1.807, 2.05) is 4.90 Å². The molecule has 2 fully saturated rings. The number of nitrogens with zero attached hydrogens (tertiary/aromatic N) is 2. The predicted molar refractivity (Wildman–Crippen MR) is 138 cm³/mol. The second kappa shape index (κ2) is 12.5. The summed E-state index contributed by atoms with van der Waals surface area (Å²) in [5.74, 6) is -3.75. The lowest BCUT2D eigenvalue weighted by molar-refractivity contribution is -0.138. The zero-order valence-corrected chi connectivity index (χ0v) is 21.8. The quantitative estimate of drug-likeness (QED) is 0.410. The SMILES string of the molecule is O=C(Nc1ccc(Cl)cc1N1CCN(CCC(F)(F)F)CC1)c1ccc(CNC(=O)C2CCCN2)c(F)c1F. The summed E-state index contributed by atoms with van der Waals surface area (Å²) in [6.45, 7) is 1.94. The summed E-state index contributed by atoms with van der Waals surface area (Å²) in [4.78, 5) is 28.7. The summed E-state index contributed by atoms with van der Waals surface area (Å²) in [6.07, 6.45) is -3.59. The third-order valence-electron chi connectivity index (χ3n) is 6.87. The van der Waals surface area contributed by atoms with Crippen molar-refractivity contribution in [3.05, 3.63) is 58.1 Å². The molecule has 1 atom stereocenters. The highest BCUT2D eigenvalue weighted by atomic mass is 35.5. The van der Waals surface area contributed by atoms with E-state index in [-0.39, 0.29) is 30.6 Å². The average Bonchev–Trinajstić information content (AvgIpc) is 3.44. The first-order valence-corrected chi connectivity index (χ1v) is 13.0. The highest BCUT2D eigenvalue weighted by Gasteiger charge is 2.29. The molecule has 0 spiro atoms. The van der Waals surface area contributed by atoms with Gasteiger partial charge in [0, 0.05) is 49.9 Å². The van der Waals surface area contributed by atoms with Crippen LogP contribution in [-0.2, 0) is 11.3 Å². The monoisotopic (exact) mass is 573 g/mol. The Kier molecular flexibility index (Phi) is 9.29. The van der Waals surface area contributed by atoms with Gasteiger partial charge in [0.25, 0.3) is 5.91 Å². The smallest absolute Gasteiger partial charge is 0.367 e. The molecule has 2 heterocycles. The normalized spacial score (nSPS) is 18.3. The summed E-state index contributed by atoms with van der Waals surface area (Å²) in [7, 11) is 0. The minimum Gasteiger partial charge on any atom is -0.367 e. The fourth-order valence-corrected chi connectivity index (χ4v) is 4.84. The number of hydrogen-bond acceptors (Lipinski definition) is 5. The minimum absolute atomic E-state index is 0.0917. The molecule has 2 saturated heterocycles. The molecule has 7 nitrogen and oxygen atoms in total. The van der Waals surface area contributed by atoms with Gasteiger partial charge in [-0.2, -0.15) is 13.2 Å². The Morgan fingerprint density at radius 2 is 1.79 bits per heavy atom. The molecule has 13 heteroatoms. The van der Waals surface area contributed by atoms with Gasteiger partial charge >= 0.3 is 6.18 Å². The lowest BCUT2D eigenvalue weighted by Gasteiger charge is -2.37. The number of amides is 2. The number of benzene rings is 2. The van der Waals surface area contributed by atoms with E-state index in [1.54, 1.807) is 11.0 Å². The van der Waals surface area contributed by atoms with E-state index < -0.39 is 35.7 Å². The van der Waals surface area contributed by atoms with E-state index in [0.29, 0.717) is 49.0 Å². The molecule has 0 radical (unpaired) electrons. The Bertz CT molecular complexity index is 1200. The largest absolute Gasteiger partial charge is 0.390 e. The van der Waals surface area contributed by atoms with Crippen LogP contribution < -0.4 is 20.9 Å². The number of piperazine rings is 1. The van der Waals surface area contributed by atoms with Gasteiger partial charge in [-0.1, -0.05) is 17.7 Å². The van der Waals surface area contributed by atoms with Crippen molar-refractivity contribution >= 4 is 34.8 Å². The second-order valence-corrected chi connectivity index (χ2v) is 10.0. The number of halogens is 6. The molecular formula is C26H29ClF5N5O2. The Morgan fingerprint density at radius 3 is 2.46 bits per heavy atom. The maximum absolute atomic E-state index is 14.9. The van der Waals surface area contributed by atoms with Crippen LogP contribution >= 0.6 is 11.6 Å². The second-order valence-electron chi connectivity index (χ2n) is 9.58. The van der Waals surface area contributed by atoms with Gasteiger partial charge in [-0.25, -0.2) is 8.78 Å². The zero-order chi connectivity index (χ0) is 28.2. The lowest BCUT2D eigenvalue weighted by Crippen LogP contribution is -2.47. The molecular weight excluding hydrogens is 545 g/mol. The Labute approximate surface area is 227 Å². The molecule has 0 bridgehead atoms. The topological polar surface area (TPSA) is 76.7 Å². The maximum atomic E-state index is 14.9. The van der Waals surface area contributed by atoms with Gasteiger partial charge in [0.15, 0.2) is 11.6 Å². The van der Waals surface area contributed by atoms with Gasteiger partial charge in [0.2, 0.25) is 5.91 Å². The molecule has 0 saturated carbocycles. The van der Waals surface area contributed by atoms with E-state index in [4.69, 9.17) is 11.6 Å². The van der Waals surface area contributed by atoms with Crippen LogP contribution in [0.2, 0.25) is 5.02 Å². The van der Waals surface area contributed by atoms with Gasteiger partial charge in [-0.3, -0.25) is 14.5 Å². The molecule has 2 aromatic rings. The summed E-state index contributed by atoms with van der Waals surface area (Å²) in [5, 5.41) is 8.57. The van der Waals surface area contributed by atoms with Crippen molar-refractivity contribution < 1.29 is 31.5 Å². The molecule has 1 unspecified atom stereocenters. The van der Waals surface area contributed by atoms with E-state index >= 15 is 0 Å². The van der Waals surface area contributed by atoms with Crippen LogP contribution in [0.5, 0.6) is 0 Å². The summed E-state index contributed by atoms with van der Waals surface area (Å²) in [5.41, 5.74) is 0.212. The number of nitrogens with one attached hydrogen (secondary N) is 3. The third kappa shape index (κ3) is 7.58. The number of carbonyl (C=O) groups is 2. The number of anilines is 2. The standard InChI is InChI=1S/C26H29ClF5N5O2/c27-17-4-6-19(21(14-17)37-12-10-36(11-13-37)9-7-26(30,31)32)35-24(38)18-5-3-16(22(28)23(18)29)15-34-25(39)20-2-1-8-33-20/h3-6,14,20,33H,1-2,7-13,15H2,(H,34,39)(H,35,38). The summed E-state index contributed by atoms with van der Waals surface area (Å²) >= 11 is 6.16. The molecule has 0 aromatic heterocycles. The van der Waals surface area contributed by atoms with Crippen molar-refractivity contribution in [1.82, 2.24) is 15.5 Å². The van der Waals surface area contributed by atoms with Gasteiger partial charge < -0.3 is 20.9 Å². The van der Waals surface area contributed by atoms with Crippen molar-refractivity contribution in [3.63, 3.8) is 0 Å². The Balaban J connectivity index is 1.41. The molecule has 212 valence electrons. The van der Waals surface area contributed by atoms with Crippen molar-refractivity contribution in [2.45, 2.75) is 38.0 Å². The molecule has 2 aliphatic rings. The van der Waals surface area contributed by atoms with E-state index in [2.05, 4.69) is 16.0 Å². The first-order valence-electron chi connectivity index (χ1n) is 12.6. The van der Waals surface area contributed by atoms with Crippen molar-refractivity contribution in [1.29, 1.82) is 0 Å². The summed E-state index contributed by atoms with van der Waals surface area (Å²) < 4.78 is 67.3. The molecule has 3 N–H and O–H groups in total. The number of carbonyl (C=O) groups excluding carboxylic acids is 2. The minimum atomic E-state index is -4.23. The van der Waals surface area contributed by atoms with Crippen molar-refractivity contribution in [2.24, 2.45) is 0 Å². The van der Waals surface area contributed by atoms with Crippen LogP contribution in [0, 0.1) is 11.6 Å². The molecule has 2 aromatic carbocycles. The maximum Gasteiger partial charge on any atom is 0.390 e. The zero-order valence-electron chi connectivity index (χ0n) is 21.0. The number of hydrogen-bond donors (Lipinski definition) is 3. The first-order chi connectivity index (χ1) is 18.5. The van der Waals surface area contributed by atoms with E-state index in [1.165, 1.54) is 18.2 Å². The Morgan fingerprint density at radius 1 is 1.05 bits per heavy atom. The highest BCUT2D eigenvalue weighted by Crippen LogP contribution is 2.31. The van der Waals surface area contributed by atoms with Crippen LogP contribution in [-0.4, -0.2) is 68.2 Å².